The number of H-pyrrole nitrogens is 1. The summed E-state index contributed by atoms with van der Waals surface area (Å²) in [6.45, 7) is 5.73. The molecule has 104 valence electrons. The minimum absolute atomic E-state index is 0.749. The van der Waals surface area contributed by atoms with E-state index < -0.39 is 0 Å². The van der Waals surface area contributed by atoms with Crippen molar-refractivity contribution in [3.63, 3.8) is 0 Å². The lowest BCUT2D eigenvalue weighted by molar-refractivity contribution is 0.620. The molecule has 0 bridgehead atoms. The molecule has 0 amide bonds. The highest BCUT2D eigenvalue weighted by atomic mass is 32.1. The minimum atomic E-state index is 0.749. The normalized spacial score (nSPS) is 11.3. The summed E-state index contributed by atoms with van der Waals surface area (Å²) in [5.74, 6) is 0. The first kappa shape index (κ1) is 13.1. The van der Waals surface area contributed by atoms with E-state index in [1.165, 1.54) is 0 Å². The molecule has 0 aromatic carbocycles. The number of hydrogen-bond donors (Lipinski definition) is 1. The van der Waals surface area contributed by atoms with Crippen molar-refractivity contribution in [2.75, 3.05) is 0 Å². The second-order valence-electron chi connectivity index (χ2n) is 4.75. The predicted molar refractivity (Wildman–Crippen MR) is 81.3 cm³/mol. The van der Waals surface area contributed by atoms with Crippen LogP contribution in [0.1, 0.15) is 18.3 Å². The molecular formula is C14H17N5S. The second-order valence-corrected chi connectivity index (χ2v) is 5.14. The van der Waals surface area contributed by atoms with Gasteiger partial charge in [0.25, 0.3) is 0 Å². The maximum Gasteiger partial charge on any atom is 0.179 e. The van der Waals surface area contributed by atoms with Gasteiger partial charge in [0.1, 0.15) is 5.52 Å². The number of aromatic amines is 1. The van der Waals surface area contributed by atoms with Crippen molar-refractivity contribution in [2.45, 2.75) is 33.4 Å². The van der Waals surface area contributed by atoms with Crippen LogP contribution < -0.4 is 0 Å². The first-order valence-electron chi connectivity index (χ1n) is 6.76. The molecule has 3 aromatic heterocycles. The maximum atomic E-state index is 5.44. The summed E-state index contributed by atoms with van der Waals surface area (Å²) >= 11 is 5.44. The molecule has 0 radical (unpaired) electrons. The van der Waals surface area contributed by atoms with Gasteiger partial charge in [-0.2, -0.15) is 5.10 Å². The van der Waals surface area contributed by atoms with E-state index in [1.807, 2.05) is 36.0 Å². The Morgan fingerprint density at radius 1 is 1.35 bits per heavy atom. The first-order chi connectivity index (χ1) is 9.70. The highest BCUT2D eigenvalue weighted by Gasteiger charge is 2.13. The van der Waals surface area contributed by atoms with Crippen molar-refractivity contribution in [3.05, 3.63) is 40.6 Å². The largest absolute Gasteiger partial charge is 0.328 e. The van der Waals surface area contributed by atoms with Gasteiger partial charge in [0.05, 0.1) is 5.69 Å². The third-order valence-corrected chi connectivity index (χ3v) is 3.77. The lowest BCUT2D eigenvalue weighted by Gasteiger charge is -2.05. The topological polar surface area (TPSA) is 51.4 Å². The number of rotatable bonds is 4. The van der Waals surface area contributed by atoms with Crippen molar-refractivity contribution in [1.29, 1.82) is 0 Å². The summed E-state index contributed by atoms with van der Waals surface area (Å²) in [5.41, 5.74) is 4.18. The number of nitrogens with one attached hydrogen (secondary N) is 1. The molecule has 0 saturated heterocycles. The zero-order valence-electron chi connectivity index (χ0n) is 11.6. The van der Waals surface area contributed by atoms with Gasteiger partial charge in [-0.1, -0.05) is 6.07 Å². The summed E-state index contributed by atoms with van der Waals surface area (Å²) in [7, 11) is 0. The number of aromatic nitrogens is 5. The lowest BCUT2D eigenvalue weighted by Crippen LogP contribution is -2.07. The van der Waals surface area contributed by atoms with Gasteiger partial charge in [-0.3, -0.25) is 4.98 Å². The van der Waals surface area contributed by atoms with E-state index in [0.717, 1.165) is 46.8 Å². The number of hydrogen-bond acceptors (Lipinski definition) is 3. The zero-order chi connectivity index (χ0) is 14.1. The maximum absolute atomic E-state index is 5.44. The summed E-state index contributed by atoms with van der Waals surface area (Å²) in [6.07, 6.45) is 2.68. The van der Waals surface area contributed by atoms with Gasteiger partial charge in [0.2, 0.25) is 0 Å². The van der Waals surface area contributed by atoms with E-state index in [2.05, 4.69) is 26.6 Å². The smallest absolute Gasteiger partial charge is 0.179 e. The average Bonchev–Trinajstić information content (AvgIpc) is 2.95. The van der Waals surface area contributed by atoms with Crippen molar-refractivity contribution >= 4 is 23.4 Å². The summed E-state index contributed by atoms with van der Waals surface area (Å²) in [5, 5.41) is 4.53. The molecule has 5 nitrogen and oxygen atoms in total. The monoisotopic (exact) mass is 287 g/mol. The fourth-order valence-corrected chi connectivity index (χ4v) is 2.74. The molecule has 0 unspecified atom stereocenters. The van der Waals surface area contributed by atoms with Crippen molar-refractivity contribution in [2.24, 2.45) is 0 Å². The number of pyridine rings is 1. The van der Waals surface area contributed by atoms with Crippen LogP contribution in [0.3, 0.4) is 0 Å². The molecule has 0 aliphatic carbocycles. The van der Waals surface area contributed by atoms with Crippen LogP contribution in [0, 0.1) is 11.7 Å². The Bertz CT molecular complexity index is 781. The van der Waals surface area contributed by atoms with E-state index in [9.17, 15) is 0 Å². The molecule has 3 rings (SSSR count). The Hall–Kier alpha value is -1.95. The van der Waals surface area contributed by atoms with Crippen LogP contribution in [0.2, 0.25) is 0 Å². The molecule has 20 heavy (non-hydrogen) atoms. The molecule has 1 N–H and O–H groups in total. The van der Waals surface area contributed by atoms with E-state index in [0.29, 0.717) is 0 Å². The number of nitrogens with zero attached hydrogens (tertiary/aromatic N) is 4. The summed E-state index contributed by atoms with van der Waals surface area (Å²) in [6, 6.07) is 5.98. The number of fused-ring (bicyclic) bond motifs is 1. The van der Waals surface area contributed by atoms with Gasteiger partial charge in [0.15, 0.2) is 10.4 Å². The third-order valence-electron chi connectivity index (χ3n) is 3.45. The summed E-state index contributed by atoms with van der Waals surface area (Å²) < 4.78 is 4.86. The van der Waals surface area contributed by atoms with Gasteiger partial charge in [-0.05, 0) is 38.2 Å². The minimum Gasteiger partial charge on any atom is -0.328 e. The molecule has 3 aromatic rings. The highest BCUT2D eigenvalue weighted by Crippen LogP contribution is 2.18. The predicted octanol–water partition coefficient (Wildman–Crippen LogP) is 2.86. The average molecular weight is 287 g/mol. The molecule has 0 saturated carbocycles. The number of imidazole rings is 1. The molecule has 6 heteroatoms. The standard InChI is InChI=1S/C14H17N5S/c1-3-19-13-12(10(2)17-19)16-14(20)18(13)9-7-11-6-4-5-8-15-11/h4-6,8H,3,7,9H2,1-2H3,(H,16,20). The fourth-order valence-electron chi connectivity index (χ4n) is 2.46. The Labute approximate surface area is 122 Å². The second kappa shape index (κ2) is 5.20. The quantitative estimate of drug-likeness (QED) is 0.751. The Kier molecular flexibility index (Phi) is 3.40. The SMILES string of the molecule is CCn1nc(C)c2[nH]c(=S)n(CCc3ccccn3)c21. The lowest BCUT2D eigenvalue weighted by atomic mass is 10.3. The molecule has 3 heterocycles. The third kappa shape index (κ3) is 2.16. The van der Waals surface area contributed by atoms with Gasteiger partial charge in [0, 0.05) is 31.4 Å². The first-order valence-corrected chi connectivity index (χ1v) is 7.17. The molecule has 0 aliphatic heterocycles. The van der Waals surface area contributed by atoms with E-state index in [1.54, 1.807) is 0 Å². The van der Waals surface area contributed by atoms with Crippen LogP contribution >= 0.6 is 12.2 Å². The summed E-state index contributed by atoms with van der Waals surface area (Å²) in [4.78, 5) is 7.62. The number of aryl methyl sites for hydroxylation is 4. The fraction of sp³-hybridized carbons (Fsp3) is 0.357. The van der Waals surface area contributed by atoms with E-state index >= 15 is 0 Å². The molecular weight excluding hydrogens is 270 g/mol. The van der Waals surface area contributed by atoms with Crippen LogP contribution in [0.5, 0.6) is 0 Å². The van der Waals surface area contributed by atoms with Crippen molar-refractivity contribution in [3.8, 4) is 0 Å². The van der Waals surface area contributed by atoms with Gasteiger partial charge < -0.3 is 9.55 Å². The van der Waals surface area contributed by atoms with Crippen molar-refractivity contribution in [1.82, 2.24) is 24.3 Å². The molecule has 0 atom stereocenters. The van der Waals surface area contributed by atoms with Crippen LogP contribution in [-0.2, 0) is 19.5 Å². The zero-order valence-corrected chi connectivity index (χ0v) is 12.4. The molecule has 0 aliphatic rings. The van der Waals surface area contributed by atoms with Crippen LogP contribution in [0.15, 0.2) is 24.4 Å². The van der Waals surface area contributed by atoms with Crippen LogP contribution in [0.4, 0.5) is 0 Å². The Balaban J connectivity index is 1.99. The van der Waals surface area contributed by atoms with Gasteiger partial charge >= 0.3 is 0 Å². The highest BCUT2D eigenvalue weighted by molar-refractivity contribution is 7.71. The molecule has 0 spiro atoms. The Morgan fingerprint density at radius 3 is 2.90 bits per heavy atom. The van der Waals surface area contributed by atoms with Crippen molar-refractivity contribution < 1.29 is 0 Å². The van der Waals surface area contributed by atoms with E-state index in [4.69, 9.17) is 12.2 Å². The molecule has 0 fully saturated rings. The Morgan fingerprint density at radius 2 is 2.20 bits per heavy atom. The van der Waals surface area contributed by atoms with Gasteiger partial charge in [-0.15, -0.1) is 0 Å². The van der Waals surface area contributed by atoms with Crippen LogP contribution in [0.25, 0.3) is 11.2 Å². The van der Waals surface area contributed by atoms with E-state index in [-0.39, 0.29) is 0 Å². The van der Waals surface area contributed by atoms with Gasteiger partial charge in [-0.25, -0.2) is 4.68 Å². The van der Waals surface area contributed by atoms with Crippen LogP contribution in [-0.4, -0.2) is 24.3 Å².